The Kier molecular flexibility index (Phi) is 6.41. The predicted molar refractivity (Wildman–Crippen MR) is 117 cm³/mol. The van der Waals surface area contributed by atoms with Crippen LogP contribution in [0.2, 0.25) is 0 Å². The zero-order valence-corrected chi connectivity index (χ0v) is 18.6. The number of aliphatic hydroxyl groups excluding tert-OH is 1. The molecule has 4 rings (SSSR count). The molecule has 0 amide bonds. The van der Waals surface area contributed by atoms with Gasteiger partial charge < -0.3 is 19.7 Å². The Bertz CT molecular complexity index is 1110. The molecule has 2 aliphatic rings. The van der Waals surface area contributed by atoms with Crippen LogP contribution in [0.3, 0.4) is 0 Å². The van der Waals surface area contributed by atoms with Crippen LogP contribution in [0.4, 0.5) is 5.69 Å². The number of rotatable bonds is 9. The first kappa shape index (κ1) is 22.6. The van der Waals surface area contributed by atoms with E-state index in [2.05, 4.69) is 9.46 Å². The van der Waals surface area contributed by atoms with Crippen LogP contribution in [0.15, 0.2) is 41.3 Å². The molecule has 0 radical (unpaired) electrons. The molecule has 1 unspecified atom stereocenters. The fourth-order valence-electron chi connectivity index (χ4n) is 3.78. The summed E-state index contributed by atoms with van der Waals surface area (Å²) < 4.78 is 38.6. The molecule has 1 atom stereocenters. The lowest BCUT2D eigenvalue weighted by atomic mass is 9.93. The Hall–Kier alpha value is -2.62. The van der Waals surface area contributed by atoms with Gasteiger partial charge in [-0.15, -0.1) is 0 Å². The summed E-state index contributed by atoms with van der Waals surface area (Å²) in [7, 11) is -2.89. The van der Waals surface area contributed by atoms with Crippen molar-refractivity contribution in [2.45, 2.75) is 42.6 Å². The molecular weight excluding hydrogens is 434 g/mol. The van der Waals surface area contributed by atoms with E-state index in [-0.39, 0.29) is 22.1 Å². The number of methoxy groups -OCH3 is 1. The molecule has 2 aromatic carbocycles. The summed E-state index contributed by atoms with van der Waals surface area (Å²) in [5.41, 5.74) is 2.06. The highest BCUT2D eigenvalue weighted by Gasteiger charge is 2.30. The zero-order valence-electron chi connectivity index (χ0n) is 17.8. The molecule has 2 fully saturated rings. The van der Waals surface area contributed by atoms with Crippen LogP contribution < -0.4 is 4.72 Å². The van der Waals surface area contributed by atoms with E-state index >= 15 is 0 Å². The van der Waals surface area contributed by atoms with Crippen molar-refractivity contribution >= 4 is 21.7 Å². The van der Waals surface area contributed by atoms with Crippen molar-refractivity contribution in [3.05, 3.63) is 53.1 Å². The molecule has 3 N–H and O–H groups in total. The number of hydrogen-bond acceptors (Lipinski definition) is 7. The van der Waals surface area contributed by atoms with Crippen molar-refractivity contribution in [2.75, 3.05) is 25.0 Å². The standard InChI is InChI=1S/C23H27NO7S/c1-30-23(27)19-11-18(6-9-22(19)26)32(28,29)24-20-7-4-15(17-12-31-13-17)10-16(20)5-8-21(25)14-2-3-14/h4,6-7,9-11,14,17,21,24-26H,2-3,5,8,12-13H2,1H3. The number of sulfonamides is 1. The number of carbonyl (C=O) groups excluding carboxylic acids is 1. The van der Waals surface area contributed by atoms with E-state index in [0.717, 1.165) is 43.2 Å². The van der Waals surface area contributed by atoms with E-state index in [4.69, 9.17) is 4.74 Å². The highest BCUT2D eigenvalue weighted by atomic mass is 32.2. The number of aryl methyl sites for hydroxylation is 1. The van der Waals surface area contributed by atoms with Gasteiger partial charge in [0.05, 0.1) is 37.0 Å². The van der Waals surface area contributed by atoms with Gasteiger partial charge in [0, 0.05) is 5.92 Å². The summed E-state index contributed by atoms with van der Waals surface area (Å²) in [6, 6.07) is 9.03. The van der Waals surface area contributed by atoms with Gasteiger partial charge in [0.25, 0.3) is 10.0 Å². The van der Waals surface area contributed by atoms with Crippen molar-refractivity contribution in [2.24, 2.45) is 5.92 Å². The molecule has 32 heavy (non-hydrogen) atoms. The number of hydrogen-bond donors (Lipinski definition) is 3. The number of aliphatic hydroxyl groups is 1. The molecule has 1 aliphatic carbocycles. The van der Waals surface area contributed by atoms with E-state index in [9.17, 15) is 23.4 Å². The van der Waals surface area contributed by atoms with Gasteiger partial charge in [-0.05, 0) is 67.0 Å². The first-order valence-corrected chi connectivity index (χ1v) is 12.1. The Morgan fingerprint density at radius 3 is 2.59 bits per heavy atom. The molecule has 9 heteroatoms. The summed E-state index contributed by atoms with van der Waals surface area (Å²) >= 11 is 0. The van der Waals surface area contributed by atoms with Gasteiger partial charge in [-0.3, -0.25) is 4.72 Å². The molecule has 2 aromatic rings. The number of aromatic hydroxyl groups is 1. The van der Waals surface area contributed by atoms with Crippen LogP contribution in [0.5, 0.6) is 5.75 Å². The van der Waals surface area contributed by atoms with E-state index in [1.165, 1.54) is 6.07 Å². The quantitative estimate of drug-likeness (QED) is 0.491. The molecule has 0 bridgehead atoms. The summed E-state index contributed by atoms with van der Waals surface area (Å²) in [4.78, 5) is 11.7. The van der Waals surface area contributed by atoms with Crippen molar-refractivity contribution < 1.29 is 32.9 Å². The summed E-state index contributed by atoms with van der Waals surface area (Å²) in [5, 5.41) is 20.2. The predicted octanol–water partition coefficient (Wildman–Crippen LogP) is 2.80. The van der Waals surface area contributed by atoms with E-state index in [1.807, 2.05) is 12.1 Å². The van der Waals surface area contributed by atoms with E-state index < -0.39 is 22.1 Å². The van der Waals surface area contributed by atoms with E-state index in [0.29, 0.717) is 37.7 Å². The van der Waals surface area contributed by atoms with Crippen LogP contribution in [-0.2, 0) is 25.9 Å². The molecule has 0 spiro atoms. The van der Waals surface area contributed by atoms with Gasteiger partial charge in [0.2, 0.25) is 0 Å². The highest BCUT2D eigenvalue weighted by molar-refractivity contribution is 7.92. The molecule has 1 saturated heterocycles. The summed E-state index contributed by atoms with van der Waals surface area (Å²) in [6.45, 7) is 1.28. The number of ether oxygens (including phenoxy) is 2. The third kappa shape index (κ3) is 4.90. The SMILES string of the molecule is COC(=O)c1cc(S(=O)(=O)Nc2ccc(C3COC3)cc2CCC(O)C2CC2)ccc1O. The summed E-state index contributed by atoms with van der Waals surface area (Å²) in [5.74, 6) is -0.571. The van der Waals surface area contributed by atoms with Gasteiger partial charge in [-0.25, -0.2) is 13.2 Å². The average molecular weight is 462 g/mol. The van der Waals surface area contributed by atoms with Gasteiger partial charge in [-0.2, -0.15) is 0 Å². The third-order valence-corrected chi connectivity index (χ3v) is 7.41. The second-order valence-corrected chi connectivity index (χ2v) is 10.1. The van der Waals surface area contributed by atoms with E-state index in [1.54, 1.807) is 6.07 Å². The van der Waals surface area contributed by atoms with Gasteiger partial charge in [-0.1, -0.05) is 12.1 Å². The van der Waals surface area contributed by atoms with Gasteiger partial charge in [0.1, 0.15) is 11.3 Å². The van der Waals surface area contributed by atoms with Crippen LogP contribution in [0.1, 0.15) is 46.7 Å². The number of esters is 1. The highest BCUT2D eigenvalue weighted by Crippen LogP contribution is 2.36. The minimum Gasteiger partial charge on any atom is -0.507 e. The Balaban J connectivity index is 1.60. The first-order valence-electron chi connectivity index (χ1n) is 10.6. The van der Waals surface area contributed by atoms with Crippen molar-refractivity contribution in [1.82, 2.24) is 0 Å². The van der Waals surface area contributed by atoms with Gasteiger partial charge >= 0.3 is 5.97 Å². The third-order valence-electron chi connectivity index (χ3n) is 6.04. The van der Waals surface area contributed by atoms with Crippen molar-refractivity contribution in [3.63, 3.8) is 0 Å². The molecule has 8 nitrogen and oxygen atoms in total. The molecule has 1 aliphatic heterocycles. The Morgan fingerprint density at radius 2 is 1.97 bits per heavy atom. The Labute approximate surface area is 187 Å². The number of benzene rings is 2. The first-order chi connectivity index (χ1) is 15.3. The lowest BCUT2D eigenvalue weighted by Crippen LogP contribution is -2.25. The second-order valence-electron chi connectivity index (χ2n) is 8.37. The number of carbonyl (C=O) groups is 1. The lowest BCUT2D eigenvalue weighted by Gasteiger charge is -2.27. The second kappa shape index (κ2) is 9.09. The maximum Gasteiger partial charge on any atom is 0.341 e. The van der Waals surface area contributed by atoms with Crippen LogP contribution in [-0.4, -0.2) is 51.0 Å². The zero-order chi connectivity index (χ0) is 22.9. The molecular formula is C23H27NO7S. The summed E-state index contributed by atoms with van der Waals surface area (Å²) in [6.07, 6.45) is 2.75. The van der Waals surface area contributed by atoms with Crippen LogP contribution in [0, 0.1) is 5.92 Å². The fourth-order valence-corrected chi connectivity index (χ4v) is 4.91. The topological polar surface area (TPSA) is 122 Å². The minimum absolute atomic E-state index is 0.170. The molecule has 0 aromatic heterocycles. The number of nitrogens with one attached hydrogen (secondary N) is 1. The maximum absolute atomic E-state index is 13.1. The van der Waals surface area contributed by atoms with Crippen LogP contribution >= 0.6 is 0 Å². The monoisotopic (exact) mass is 461 g/mol. The van der Waals surface area contributed by atoms with Crippen molar-refractivity contribution in [3.8, 4) is 5.75 Å². The van der Waals surface area contributed by atoms with Crippen LogP contribution in [0.25, 0.3) is 0 Å². The largest absolute Gasteiger partial charge is 0.507 e. The smallest absolute Gasteiger partial charge is 0.341 e. The minimum atomic E-state index is -4.04. The molecule has 1 heterocycles. The fraction of sp³-hybridized carbons (Fsp3) is 0.435. The maximum atomic E-state index is 13.1. The normalized spacial score (nSPS) is 17.4. The molecule has 1 saturated carbocycles. The lowest BCUT2D eigenvalue weighted by molar-refractivity contribution is 0.00839. The number of anilines is 1. The number of phenolic OH excluding ortho intramolecular Hbond substituents is 1. The number of phenols is 1. The molecule has 172 valence electrons. The van der Waals surface area contributed by atoms with Crippen molar-refractivity contribution in [1.29, 1.82) is 0 Å². The van der Waals surface area contributed by atoms with Gasteiger partial charge in [0.15, 0.2) is 0 Å². The Morgan fingerprint density at radius 1 is 1.22 bits per heavy atom. The average Bonchev–Trinajstić information content (AvgIpc) is 3.57.